The van der Waals surface area contributed by atoms with E-state index in [1.54, 1.807) is 32.2 Å². The number of benzene rings is 2. The molecule has 174 valence electrons. The molecule has 0 bridgehead atoms. The average Bonchev–Trinajstić information content (AvgIpc) is 3.14. The summed E-state index contributed by atoms with van der Waals surface area (Å²) in [6, 6.07) is 11.4. The highest BCUT2D eigenvalue weighted by atomic mass is 19.1. The summed E-state index contributed by atoms with van der Waals surface area (Å²) >= 11 is 0. The number of hydrogen-bond acceptors (Lipinski definition) is 5. The molecule has 32 heavy (non-hydrogen) atoms. The van der Waals surface area contributed by atoms with Gasteiger partial charge in [-0.3, -0.25) is 0 Å². The Morgan fingerprint density at radius 3 is 2.50 bits per heavy atom. The van der Waals surface area contributed by atoms with Gasteiger partial charge in [-0.2, -0.15) is 0 Å². The van der Waals surface area contributed by atoms with E-state index in [0.717, 1.165) is 5.56 Å². The summed E-state index contributed by atoms with van der Waals surface area (Å²) in [6.45, 7) is 4.94. The Balaban J connectivity index is 1.66. The van der Waals surface area contributed by atoms with Crippen molar-refractivity contribution in [2.24, 2.45) is 5.41 Å². The fraction of sp³-hybridized carbons (Fsp3) is 0.458. The highest BCUT2D eigenvalue weighted by Crippen LogP contribution is 2.46. The van der Waals surface area contributed by atoms with Crippen LogP contribution in [0.3, 0.4) is 0 Å². The van der Waals surface area contributed by atoms with E-state index in [0.29, 0.717) is 43.4 Å². The summed E-state index contributed by atoms with van der Waals surface area (Å²) < 4.78 is 29.9. The van der Waals surface area contributed by atoms with Crippen molar-refractivity contribution in [2.45, 2.75) is 32.3 Å². The van der Waals surface area contributed by atoms with Crippen LogP contribution in [0.25, 0.3) is 0 Å². The van der Waals surface area contributed by atoms with Crippen molar-refractivity contribution in [1.29, 1.82) is 0 Å². The molecule has 1 amide bonds. The molecule has 1 aliphatic heterocycles. The lowest BCUT2D eigenvalue weighted by Gasteiger charge is -2.33. The van der Waals surface area contributed by atoms with Crippen molar-refractivity contribution in [1.82, 2.24) is 4.90 Å². The Hall–Kier alpha value is -3.00. The zero-order valence-electron chi connectivity index (χ0n) is 18.6. The van der Waals surface area contributed by atoms with Crippen LogP contribution in [0.15, 0.2) is 42.5 Å². The standard InChI is InChI=1S/C24H30FNO6/c1-16(27)24(2)15-26(23(28)29)14-20(24)17-5-10-21(30-3)22(13-17)32-12-4-11-31-19-8-6-18(25)7-9-19/h5-10,13,16,20,27H,4,11-12,14-15H2,1-3H3,(H,28,29)/t16-,20+,24+/m1/s1. The van der Waals surface area contributed by atoms with Crippen LogP contribution in [0.2, 0.25) is 0 Å². The number of halogens is 1. The normalized spacial score (nSPS) is 21.3. The van der Waals surface area contributed by atoms with Gasteiger partial charge in [0.2, 0.25) is 0 Å². The Kier molecular flexibility index (Phi) is 7.45. The van der Waals surface area contributed by atoms with E-state index >= 15 is 0 Å². The zero-order chi connectivity index (χ0) is 23.3. The number of aliphatic hydroxyl groups is 1. The van der Waals surface area contributed by atoms with E-state index in [9.17, 15) is 19.4 Å². The summed E-state index contributed by atoms with van der Waals surface area (Å²) in [5.41, 5.74) is 0.267. The van der Waals surface area contributed by atoms with Crippen LogP contribution in [-0.4, -0.2) is 60.7 Å². The van der Waals surface area contributed by atoms with E-state index in [1.807, 2.05) is 19.1 Å². The van der Waals surface area contributed by atoms with Crippen LogP contribution in [0, 0.1) is 11.2 Å². The molecule has 3 atom stereocenters. The highest BCUT2D eigenvalue weighted by molar-refractivity contribution is 5.66. The summed E-state index contributed by atoms with van der Waals surface area (Å²) in [5, 5.41) is 19.9. The second kappa shape index (κ2) is 10.1. The lowest BCUT2D eigenvalue weighted by atomic mass is 9.72. The molecule has 0 saturated carbocycles. The molecule has 1 heterocycles. The minimum Gasteiger partial charge on any atom is -0.493 e. The van der Waals surface area contributed by atoms with Crippen LogP contribution >= 0.6 is 0 Å². The number of hydrogen-bond donors (Lipinski definition) is 2. The number of rotatable bonds is 9. The number of nitrogens with zero attached hydrogens (tertiary/aromatic N) is 1. The van der Waals surface area contributed by atoms with E-state index < -0.39 is 17.6 Å². The minimum atomic E-state index is -0.995. The lowest BCUT2D eigenvalue weighted by Crippen LogP contribution is -2.37. The Bertz CT molecular complexity index is 919. The van der Waals surface area contributed by atoms with Gasteiger partial charge in [0.05, 0.1) is 26.4 Å². The Labute approximate surface area is 187 Å². The molecule has 8 heteroatoms. The number of amides is 1. The molecule has 0 radical (unpaired) electrons. The smallest absolute Gasteiger partial charge is 0.407 e. The fourth-order valence-corrected chi connectivity index (χ4v) is 4.05. The highest BCUT2D eigenvalue weighted by Gasteiger charge is 2.48. The molecule has 2 aromatic rings. The van der Waals surface area contributed by atoms with Crippen LogP contribution < -0.4 is 14.2 Å². The van der Waals surface area contributed by atoms with Crippen LogP contribution in [-0.2, 0) is 0 Å². The van der Waals surface area contributed by atoms with E-state index in [2.05, 4.69) is 0 Å². The van der Waals surface area contributed by atoms with Gasteiger partial charge in [0, 0.05) is 30.8 Å². The molecule has 2 N–H and O–H groups in total. The van der Waals surface area contributed by atoms with Gasteiger partial charge in [0.1, 0.15) is 11.6 Å². The van der Waals surface area contributed by atoms with Crippen molar-refractivity contribution in [3.05, 3.63) is 53.8 Å². The maximum Gasteiger partial charge on any atom is 0.407 e. The van der Waals surface area contributed by atoms with Gasteiger partial charge < -0.3 is 29.3 Å². The fourth-order valence-electron chi connectivity index (χ4n) is 4.05. The summed E-state index contributed by atoms with van der Waals surface area (Å²) in [4.78, 5) is 12.9. The first-order valence-corrected chi connectivity index (χ1v) is 10.6. The molecule has 0 spiro atoms. The number of ether oxygens (including phenoxy) is 3. The predicted octanol–water partition coefficient (Wildman–Crippen LogP) is 4.15. The van der Waals surface area contributed by atoms with Crippen molar-refractivity contribution in [3.63, 3.8) is 0 Å². The molecule has 3 rings (SSSR count). The van der Waals surface area contributed by atoms with Gasteiger partial charge in [0.15, 0.2) is 11.5 Å². The van der Waals surface area contributed by atoms with Gasteiger partial charge in [-0.1, -0.05) is 13.0 Å². The van der Waals surface area contributed by atoms with Gasteiger partial charge in [-0.15, -0.1) is 0 Å². The van der Waals surface area contributed by atoms with Crippen LogP contribution in [0.5, 0.6) is 17.2 Å². The number of carboxylic acid groups (broad SMARTS) is 1. The zero-order valence-corrected chi connectivity index (χ0v) is 18.6. The second-order valence-electron chi connectivity index (χ2n) is 8.31. The first kappa shape index (κ1) is 23.7. The number of carbonyl (C=O) groups is 1. The topological polar surface area (TPSA) is 88.5 Å². The average molecular weight is 448 g/mol. The van der Waals surface area contributed by atoms with E-state index in [4.69, 9.17) is 14.2 Å². The molecule has 0 aromatic heterocycles. The minimum absolute atomic E-state index is 0.186. The lowest BCUT2D eigenvalue weighted by molar-refractivity contribution is 0.0481. The van der Waals surface area contributed by atoms with Gasteiger partial charge in [0.25, 0.3) is 0 Å². The van der Waals surface area contributed by atoms with Gasteiger partial charge in [-0.05, 0) is 48.9 Å². The molecule has 0 unspecified atom stereocenters. The van der Waals surface area contributed by atoms with Gasteiger partial charge in [-0.25, -0.2) is 9.18 Å². The molecular weight excluding hydrogens is 417 g/mol. The third-order valence-electron chi connectivity index (χ3n) is 6.17. The largest absolute Gasteiger partial charge is 0.493 e. The van der Waals surface area contributed by atoms with E-state index in [-0.39, 0.29) is 18.3 Å². The molecule has 2 aromatic carbocycles. The van der Waals surface area contributed by atoms with E-state index in [1.165, 1.54) is 17.0 Å². The number of aliphatic hydroxyl groups excluding tert-OH is 1. The van der Waals surface area contributed by atoms with Crippen molar-refractivity contribution >= 4 is 6.09 Å². The molecular formula is C24H30FNO6. The molecule has 1 fully saturated rings. The first-order chi connectivity index (χ1) is 15.2. The van der Waals surface area contributed by atoms with Crippen molar-refractivity contribution in [3.8, 4) is 17.2 Å². The molecule has 1 saturated heterocycles. The summed E-state index contributed by atoms with van der Waals surface area (Å²) in [5.74, 6) is 1.21. The van der Waals surface area contributed by atoms with Crippen LogP contribution in [0.4, 0.5) is 9.18 Å². The first-order valence-electron chi connectivity index (χ1n) is 10.6. The Morgan fingerprint density at radius 1 is 1.19 bits per heavy atom. The Morgan fingerprint density at radius 2 is 1.88 bits per heavy atom. The molecule has 0 aliphatic carbocycles. The second-order valence-corrected chi connectivity index (χ2v) is 8.31. The third-order valence-corrected chi connectivity index (χ3v) is 6.17. The maximum atomic E-state index is 13.0. The third kappa shape index (κ3) is 5.24. The summed E-state index contributed by atoms with van der Waals surface area (Å²) in [7, 11) is 1.56. The molecule has 1 aliphatic rings. The number of methoxy groups -OCH3 is 1. The maximum absolute atomic E-state index is 13.0. The van der Waals surface area contributed by atoms with Crippen molar-refractivity contribution < 1.29 is 33.6 Å². The van der Waals surface area contributed by atoms with Crippen molar-refractivity contribution in [2.75, 3.05) is 33.4 Å². The quantitative estimate of drug-likeness (QED) is 0.562. The van der Waals surface area contributed by atoms with Gasteiger partial charge >= 0.3 is 6.09 Å². The SMILES string of the molecule is COc1ccc([C@@H]2CN(C(=O)O)C[C@@]2(C)[C@@H](C)O)cc1OCCCOc1ccc(F)cc1. The number of likely N-dealkylation sites (tertiary alicyclic amines) is 1. The molecule has 7 nitrogen and oxygen atoms in total. The monoisotopic (exact) mass is 447 g/mol. The predicted molar refractivity (Wildman–Crippen MR) is 117 cm³/mol. The summed E-state index contributed by atoms with van der Waals surface area (Å²) in [6.07, 6.45) is -1.08. The van der Waals surface area contributed by atoms with Crippen LogP contribution in [0.1, 0.15) is 31.7 Å².